The van der Waals surface area contributed by atoms with Gasteiger partial charge in [0.05, 0.1) is 29.1 Å². The molecule has 0 bridgehead atoms. The maximum atomic E-state index is 12.3. The number of nitrogens with zero attached hydrogens (tertiary/aromatic N) is 3. The molecule has 1 aromatic carbocycles. The molecular weight excluding hydrogens is 351 g/mol. The van der Waals surface area contributed by atoms with Gasteiger partial charge in [0.15, 0.2) is 0 Å². The topological polar surface area (TPSA) is 72.7 Å². The van der Waals surface area contributed by atoms with Gasteiger partial charge < -0.3 is 0 Å². The van der Waals surface area contributed by atoms with E-state index in [4.69, 9.17) is 23.2 Å². The molecular formula is C16H14Cl2N4O2. The lowest BCUT2D eigenvalue weighted by Gasteiger charge is -2.07. The largest absolute Gasteiger partial charge is 0.293 e. The average Bonchev–Trinajstić information content (AvgIpc) is 2.88. The molecule has 8 heteroatoms. The van der Waals surface area contributed by atoms with Crippen molar-refractivity contribution in [2.45, 2.75) is 20.4 Å². The second-order valence-corrected chi connectivity index (χ2v) is 6.30. The van der Waals surface area contributed by atoms with Crippen molar-refractivity contribution in [3.63, 3.8) is 0 Å². The van der Waals surface area contributed by atoms with Crippen LogP contribution in [-0.2, 0) is 6.54 Å². The third-order valence-corrected chi connectivity index (χ3v) is 4.38. The minimum atomic E-state index is -0.510. The van der Waals surface area contributed by atoms with Crippen LogP contribution < -0.4 is 11.1 Å². The van der Waals surface area contributed by atoms with Gasteiger partial charge in [-0.15, -0.1) is 0 Å². The zero-order valence-electron chi connectivity index (χ0n) is 13.0. The first kappa shape index (κ1) is 16.5. The summed E-state index contributed by atoms with van der Waals surface area (Å²) in [6, 6.07) is 7.22. The highest BCUT2D eigenvalue weighted by molar-refractivity contribution is 6.41. The van der Waals surface area contributed by atoms with E-state index in [-0.39, 0.29) is 22.1 Å². The lowest BCUT2D eigenvalue weighted by atomic mass is 10.1. The van der Waals surface area contributed by atoms with E-state index in [9.17, 15) is 9.59 Å². The molecule has 0 saturated heterocycles. The molecule has 0 aliphatic carbocycles. The van der Waals surface area contributed by atoms with Gasteiger partial charge in [-0.25, -0.2) is 9.36 Å². The van der Waals surface area contributed by atoms with Crippen LogP contribution in [0.3, 0.4) is 0 Å². The molecule has 0 fully saturated rings. The van der Waals surface area contributed by atoms with E-state index in [0.717, 1.165) is 21.5 Å². The van der Waals surface area contributed by atoms with E-state index in [0.29, 0.717) is 5.69 Å². The van der Waals surface area contributed by atoms with E-state index in [1.165, 1.54) is 16.9 Å². The number of benzene rings is 1. The van der Waals surface area contributed by atoms with Crippen molar-refractivity contribution in [2.24, 2.45) is 0 Å². The fourth-order valence-electron chi connectivity index (χ4n) is 2.48. The average molecular weight is 365 g/mol. The van der Waals surface area contributed by atoms with Gasteiger partial charge in [-0.3, -0.25) is 14.7 Å². The van der Waals surface area contributed by atoms with Crippen molar-refractivity contribution in [3.05, 3.63) is 78.0 Å². The van der Waals surface area contributed by atoms with Crippen LogP contribution in [0.1, 0.15) is 16.8 Å². The highest BCUT2D eigenvalue weighted by Gasteiger charge is 2.11. The monoisotopic (exact) mass is 364 g/mol. The summed E-state index contributed by atoms with van der Waals surface area (Å²) in [5.41, 5.74) is 2.64. The number of hydrogen-bond acceptors (Lipinski definition) is 3. The molecule has 2 heterocycles. The molecule has 24 heavy (non-hydrogen) atoms. The van der Waals surface area contributed by atoms with E-state index in [1.54, 1.807) is 0 Å². The van der Waals surface area contributed by atoms with Crippen molar-refractivity contribution < 1.29 is 0 Å². The zero-order valence-corrected chi connectivity index (χ0v) is 14.5. The Morgan fingerprint density at radius 1 is 1.17 bits per heavy atom. The number of H-pyrrole nitrogens is 1. The van der Waals surface area contributed by atoms with Gasteiger partial charge in [0.25, 0.3) is 11.1 Å². The predicted molar refractivity (Wildman–Crippen MR) is 93.5 cm³/mol. The summed E-state index contributed by atoms with van der Waals surface area (Å²) < 4.78 is 2.58. The lowest BCUT2D eigenvalue weighted by Crippen LogP contribution is -2.24. The van der Waals surface area contributed by atoms with Crippen LogP contribution in [0.4, 0.5) is 0 Å². The Labute approximate surface area is 147 Å². The van der Waals surface area contributed by atoms with Crippen molar-refractivity contribution in [1.82, 2.24) is 19.6 Å². The van der Waals surface area contributed by atoms with Crippen LogP contribution in [0, 0.1) is 13.8 Å². The third-order valence-electron chi connectivity index (χ3n) is 3.63. The second kappa shape index (κ2) is 6.30. The van der Waals surface area contributed by atoms with E-state index in [2.05, 4.69) is 10.2 Å². The van der Waals surface area contributed by atoms with E-state index in [1.807, 2.05) is 32.0 Å². The molecule has 0 amide bonds. The summed E-state index contributed by atoms with van der Waals surface area (Å²) >= 11 is 11.6. The first-order chi connectivity index (χ1) is 11.4. The first-order valence-electron chi connectivity index (χ1n) is 7.16. The van der Waals surface area contributed by atoms with Crippen LogP contribution in [0.15, 0.2) is 40.1 Å². The van der Waals surface area contributed by atoms with Crippen molar-refractivity contribution >= 4 is 23.2 Å². The van der Waals surface area contributed by atoms with Gasteiger partial charge in [0.2, 0.25) is 0 Å². The molecule has 0 saturated carbocycles. The number of aromatic amines is 1. The highest BCUT2D eigenvalue weighted by Crippen LogP contribution is 2.15. The minimum absolute atomic E-state index is 0.0862. The van der Waals surface area contributed by atoms with Gasteiger partial charge in [-0.2, -0.15) is 5.10 Å². The molecule has 0 spiro atoms. The fraction of sp³-hybridized carbons (Fsp3) is 0.188. The smallest absolute Gasteiger partial charge is 0.287 e. The SMILES string of the molecule is Cc1ccc(-n2[nH]c(Cn3ncc(Cl)c(Cl)c3=O)cc2=O)c(C)c1. The summed E-state index contributed by atoms with van der Waals surface area (Å²) in [6.45, 7) is 4.01. The van der Waals surface area contributed by atoms with Gasteiger partial charge in [-0.1, -0.05) is 40.9 Å². The lowest BCUT2D eigenvalue weighted by molar-refractivity contribution is 0.621. The molecule has 0 unspecified atom stereocenters. The standard InChI is InChI=1S/C16H14Cl2N4O2/c1-9-3-4-13(10(2)5-9)22-14(23)6-11(20-22)8-21-16(24)15(18)12(17)7-19-21/h3-7,20H,8H2,1-2H3. The van der Waals surface area contributed by atoms with Gasteiger partial charge >= 0.3 is 0 Å². The van der Waals surface area contributed by atoms with Crippen molar-refractivity contribution in [1.29, 1.82) is 0 Å². The van der Waals surface area contributed by atoms with Crippen LogP contribution in [0.2, 0.25) is 10.0 Å². The molecule has 1 N–H and O–H groups in total. The molecule has 124 valence electrons. The van der Waals surface area contributed by atoms with Crippen LogP contribution in [-0.4, -0.2) is 19.6 Å². The summed E-state index contributed by atoms with van der Waals surface area (Å²) in [4.78, 5) is 24.3. The van der Waals surface area contributed by atoms with Crippen molar-refractivity contribution in [2.75, 3.05) is 0 Å². The maximum absolute atomic E-state index is 12.3. The highest BCUT2D eigenvalue weighted by atomic mass is 35.5. The quantitative estimate of drug-likeness (QED) is 0.776. The Kier molecular flexibility index (Phi) is 4.34. The summed E-state index contributed by atoms with van der Waals surface area (Å²) in [6.07, 6.45) is 1.30. The fourth-order valence-corrected chi connectivity index (χ4v) is 2.75. The Hall–Kier alpha value is -2.31. The Balaban J connectivity index is 2.00. The zero-order chi connectivity index (χ0) is 17.4. The molecule has 0 radical (unpaired) electrons. The maximum Gasteiger partial charge on any atom is 0.287 e. The first-order valence-corrected chi connectivity index (χ1v) is 7.92. The molecule has 2 aromatic heterocycles. The number of rotatable bonds is 3. The normalized spacial score (nSPS) is 11.0. The van der Waals surface area contributed by atoms with Gasteiger partial charge in [0, 0.05) is 6.07 Å². The summed E-state index contributed by atoms with van der Waals surface area (Å²) in [5, 5.41) is 6.93. The molecule has 6 nitrogen and oxygen atoms in total. The van der Waals surface area contributed by atoms with Crippen LogP contribution in [0.5, 0.6) is 0 Å². The number of nitrogens with one attached hydrogen (secondary N) is 1. The van der Waals surface area contributed by atoms with Gasteiger partial charge in [0.1, 0.15) is 5.02 Å². The number of halogens is 2. The van der Waals surface area contributed by atoms with E-state index >= 15 is 0 Å². The Bertz CT molecular complexity index is 1030. The van der Waals surface area contributed by atoms with Gasteiger partial charge in [-0.05, 0) is 25.5 Å². The van der Waals surface area contributed by atoms with E-state index < -0.39 is 5.56 Å². The molecule has 3 rings (SSSR count). The molecule has 3 aromatic rings. The molecule has 0 aliphatic heterocycles. The molecule has 0 atom stereocenters. The third kappa shape index (κ3) is 3.02. The number of aromatic nitrogens is 4. The number of hydrogen-bond donors (Lipinski definition) is 1. The summed E-state index contributed by atoms with van der Waals surface area (Å²) in [5.74, 6) is 0. The van der Waals surface area contributed by atoms with Crippen LogP contribution in [0.25, 0.3) is 5.69 Å². The number of aryl methyl sites for hydroxylation is 2. The van der Waals surface area contributed by atoms with Crippen LogP contribution >= 0.6 is 23.2 Å². The summed E-state index contributed by atoms with van der Waals surface area (Å²) in [7, 11) is 0. The Morgan fingerprint density at radius 3 is 2.62 bits per heavy atom. The predicted octanol–water partition coefficient (Wildman–Crippen LogP) is 2.69. The minimum Gasteiger partial charge on any atom is -0.293 e. The van der Waals surface area contributed by atoms with Crippen molar-refractivity contribution in [3.8, 4) is 5.69 Å². The Morgan fingerprint density at radius 2 is 1.92 bits per heavy atom. The second-order valence-electron chi connectivity index (χ2n) is 5.51. The molecule has 0 aliphatic rings.